The Labute approximate surface area is 120 Å². The number of benzene rings is 1. The number of halogens is 1. The Morgan fingerprint density at radius 3 is 2.70 bits per heavy atom. The van der Waals surface area contributed by atoms with Gasteiger partial charge in [0.1, 0.15) is 5.82 Å². The van der Waals surface area contributed by atoms with Gasteiger partial charge in [-0.3, -0.25) is 4.98 Å². The molecule has 20 heavy (non-hydrogen) atoms. The van der Waals surface area contributed by atoms with Crippen LogP contribution in [-0.4, -0.2) is 11.5 Å². The van der Waals surface area contributed by atoms with Gasteiger partial charge in [-0.2, -0.15) is 0 Å². The van der Waals surface area contributed by atoms with Gasteiger partial charge in [0.25, 0.3) is 0 Å². The number of aryl methyl sites for hydroxylation is 2. The average molecular weight is 272 g/mol. The molecule has 0 saturated carbocycles. The van der Waals surface area contributed by atoms with Gasteiger partial charge >= 0.3 is 0 Å². The molecule has 0 bridgehead atoms. The highest BCUT2D eigenvalue weighted by molar-refractivity contribution is 5.37. The molecule has 1 heterocycles. The summed E-state index contributed by atoms with van der Waals surface area (Å²) >= 11 is 0. The molecule has 0 radical (unpaired) electrons. The van der Waals surface area contributed by atoms with Crippen LogP contribution in [0.15, 0.2) is 36.5 Å². The Morgan fingerprint density at radius 2 is 2.05 bits per heavy atom. The van der Waals surface area contributed by atoms with Crippen LogP contribution in [0.4, 0.5) is 4.39 Å². The summed E-state index contributed by atoms with van der Waals surface area (Å²) in [5.74, 6) is -0.263. The summed E-state index contributed by atoms with van der Waals surface area (Å²) in [6, 6.07) is 9.13. The lowest BCUT2D eigenvalue weighted by Crippen LogP contribution is -2.25. The second kappa shape index (κ2) is 6.62. The predicted molar refractivity (Wildman–Crippen MR) is 80.2 cm³/mol. The van der Waals surface area contributed by atoms with Crippen LogP contribution < -0.4 is 5.32 Å². The fourth-order valence-electron chi connectivity index (χ4n) is 2.40. The summed E-state index contributed by atoms with van der Waals surface area (Å²) in [6.45, 7) is 7.05. The van der Waals surface area contributed by atoms with Gasteiger partial charge in [0.15, 0.2) is 0 Å². The quantitative estimate of drug-likeness (QED) is 0.892. The Kier molecular flexibility index (Phi) is 4.85. The van der Waals surface area contributed by atoms with E-state index in [1.54, 1.807) is 12.3 Å². The van der Waals surface area contributed by atoms with Crippen molar-refractivity contribution >= 4 is 0 Å². The van der Waals surface area contributed by atoms with E-state index in [9.17, 15) is 4.39 Å². The second-order valence-corrected chi connectivity index (χ2v) is 5.12. The van der Waals surface area contributed by atoms with Crippen LogP contribution in [0, 0.1) is 19.7 Å². The number of nitrogens with one attached hydrogen (secondary N) is 1. The maximum absolute atomic E-state index is 14.1. The highest BCUT2D eigenvalue weighted by Crippen LogP contribution is 2.26. The van der Waals surface area contributed by atoms with Gasteiger partial charge < -0.3 is 5.32 Å². The number of hydrogen-bond acceptors (Lipinski definition) is 2. The zero-order valence-corrected chi connectivity index (χ0v) is 12.3. The molecule has 0 aliphatic carbocycles. The maximum Gasteiger partial charge on any atom is 0.146 e. The third-order valence-electron chi connectivity index (χ3n) is 3.40. The number of aromatic nitrogens is 1. The molecule has 1 N–H and O–H groups in total. The lowest BCUT2D eigenvalue weighted by molar-refractivity contribution is 0.530. The number of rotatable bonds is 5. The molecular formula is C17H21FN2. The molecule has 0 aliphatic heterocycles. The summed E-state index contributed by atoms with van der Waals surface area (Å²) in [7, 11) is 0. The maximum atomic E-state index is 14.1. The number of nitrogens with zero attached hydrogens (tertiary/aromatic N) is 1. The number of hydrogen-bond donors (Lipinski definition) is 1. The second-order valence-electron chi connectivity index (χ2n) is 5.12. The summed E-state index contributed by atoms with van der Waals surface area (Å²) in [6.07, 6.45) is 2.64. The van der Waals surface area contributed by atoms with Gasteiger partial charge in [-0.1, -0.05) is 30.7 Å². The van der Waals surface area contributed by atoms with Crippen LogP contribution in [0.2, 0.25) is 0 Å². The highest BCUT2D eigenvalue weighted by Gasteiger charge is 2.20. The largest absolute Gasteiger partial charge is 0.305 e. The minimum atomic E-state index is -0.263. The Bertz CT molecular complexity index is 581. The van der Waals surface area contributed by atoms with Crippen LogP contribution in [0.5, 0.6) is 0 Å². The molecule has 1 atom stereocenters. The molecule has 0 spiro atoms. The topological polar surface area (TPSA) is 24.9 Å². The summed E-state index contributed by atoms with van der Waals surface area (Å²) < 4.78 is 14.1. The predicted octanol–water partition coefficient (Wildman–Crippen LogP) is 3.93. The third-order valence-corrected chi connectivity index (χ3v) is 3.40. The molecule has 2 nitrogen and oxygen atoms in total. The molecule has 3 heteroatoms. The van der Waals surface area contributed by atoms with Crippen molar-refractivity contribution in [2.75, 3.05) is 6.54 Å². The van der Waals surface area contributed by atoms with E-state index in [0.717, 1.165) is 24.1 Å². The Balaban J connectivity index is 2.44. The van der Waals surface area contributed by atoms with Gasteiger partial charge in [0, 0.05) is 6.20 Å². The van der Waals surface area contributed by atoms with Crippen LogP contribution in [0.1, 0.15) is 41.8 Å². The molecule has 0 amide bonds. The summed E-state index contributed by atoms with van der Waals surface area (Å²) in [4.78, 5) is 4.23. The van der Waals surface area contributed by atoms with E-state index in [-0.39, 0.29) is 11.9 Å². The van der Waals surface area contributed by atoms with E-state index in [2.05, 4.69) is 49.3 Å². The molecular weight excluding hydrogens is 251 g/mol. The molecule has 2 rings (SSSR count). The van der Waals surface area contributed by atoms with Gasteiger partial charge in [-0.15, -0.1) is 0 Å². The monoisotopic (exact) mass is 272 g/mol. The Morgan fingerprint density at radius 1 is 1.25 bits per heavy atom. The Hall–Kier alpha value is -1.74. The summed E-state index contributed by atoms with van der Waals surface area (Å²) in [5, 5.41) is 3.40. The van der Waals surface area contributed by atoms with E-state index in [0.29, 0.717) is 5.69 Å². The summed E-state index contributed by atoms with van der Waals surface area (Å²) in [5.41, 5.74) is 3.92. The first-order chi connectivity index (χ1) is 9.63. The van der Waals surface area contributed by atoms with Crippen molar-refractivity contribution in [3.8, 4) is 0 Å². The standard InChI is InChI=1S/C17H21FN2/c1-4-9-19-16(17-15(18)6-5-10-20-17)14-8-7-12(2)11-13(14)3/h5-8,10-11,16,19H,4,9H2,1-3H3. The zero-order chi connectivity index (χ0) is 14.5. The smallest absolute Gasteiger partial charge is 0.146 e. The van der Waals surface area contributed by atoms with E-state index in [1.807, 2.05) is 0 Å². The molecule has 1 aromatic heterocycles. The first kappa shape index (κ1) is 14.7. The van der Waals surface area contributed by atoms with Crippen molar-refractivity contribution in [3.05, 3.63) is 64.7 Å². The fourth-order valence-corrected chi connectivity index (χ4v) is 2.40. The minimum absolute atomic E-state index is 0.197. The molecule has 2 aromatic rings. The van der Waals surface area contributed by atoms with Crippen LogP contribution in [0.3, 0.4) is 0 Å². The van der Waals surface area contributed by atoms with Gasteiger partial charge in [0.05, 0.1) is 11.7 Å². The van der Waals surface area contributed by atoms with Crippen LogP contribution in [0.25, 0.3) is 0 Å². The molecule has 1 aromatic carbocycles. The van der Waals surface area contributed by atoms with Crippen molar-refractivity contribution in [3.63, 3.8) is 0 Å². The van der Waals surface area contributed by atoms with Gasteiger partial charge in [-0.05, 0) is 50.1 Å². The lowest BCUT2D eigenvalue weighted by atomic mass is 9.96. The fraction of sp³-hybridized carbons (Fsp3) is 0.353. The third kappa shape index (κ3) is 3.23. The van der Waals surface area contributed by atoms with Crippen molar-refractivity contribution < 1.29 is 4.39 Å². The lowest BCUT2D eigenvalue weighted by Gasteiger charge is -2.21. The minimum Gasteiger partial charge on any atom is -0.305 e. The SMILES string of the molecule is CCCNC(c1ccc(C)cc1C)c1ncccc1F. The molecule has 0 fully saturated rings. The van der Waals surface area contributed by atoms with Crippen molar-refractivity contribution in [1.29, 1.82) is 0 Å². The van der Waals surface area contributed by atoms with Gasteiger partial charge in [-0.25, -0.2) is 4.39 Å². The van der Waals surface area contributed by atoms with Crippen LogP contribution >= 0.6 is 0 Å². The van der Waals surface area contributed by atoms with Crippen molar-refractivity contribution in [2.24, 2.45) is 0 Å². The van der Waals surface area contributed by atoms with Crippen molar-refractivity contribution in [1.82, 2.24) is 10.3 Å². The van der Waals surface area contributed by atoms with Gasteiger partial charge in [0.2, 0.25) is 0 Å². The number of pyridine rings is 1. The highest BCUT2D eigenvalue weighted by atomic mass is 19.1. The molecule has 0 saturated heterocycles. The van der Waals surface area contributed by atoms with Crippen molar-refractivity contribution in [2.45, 2.75) is 33.2 Å². The molecule has 106 valence electrons. The first-order valence-corrected chi connectivity index (χ1v) is 7.04. The van der Waals surface area contributed by atoms with E-state index >= 15 is 0 Å². The first-order valence-electron chi connectivity index (χ1n) is 7.04. The zero-order valence-electron chi connectivity index (χ0n) is 12.3. The van der Waals surface area contributed by atoms with E-state index < -0.39 is 0 Å². The van der Waals surface area contributed by atoms with E-state index in [1.165, 1.54) is 11.6 Å². The molecule has 1 unspecified atom stereocenters. The van der Waals surface area contributed by atoms with Crippen LogP contribution in [-0.2, 0) is 0 Å². The average Bonchev–Trinajstić information content (AvgIpc) is 2.42. The molecule has 0 aliphatic rings. The van der Waals surface area contributed by atoms with E-state index in [4.69, 9.17) is 0 Å². The normalized spacial score (nSPS) is 12.4.